The summed E-state index contributed by atoms with van der Waals surface area (Å²) in [6, 6.07) is 4.32. The van der Waals surface area contributed by atoms with Crippen LogP contribution in [0.4, 0.5) is 0 Å². The SMILES string of the molecule is COc1cc(C)cc(C)c1C1(C)CN1. The van der Waals surface area contributed by atoms with Gasteiger partial charge in [-0.05, 0) is 38.0 Å². The highest BCUT2D eigenvalue weighted by atomic mass is 16.5. The van der Waals surface area contributed by atoms with E-state index in [4.69, 9.17) is 4.74 Å². The summed E-state index contributed by atoms with van der Waals surface area (Å²) >= 11 is 0. The van der Waals surface area contributed by atoms with Crippen LogP contribution in [0.5, 0.6) is 5.75 Å². The molecule has 0 amide bonds. The Hall–Kier alpha value is -1.02. The van der Waals surface area contributed by atoms with Crippen molar-refractivity contribution in [2.45, 2.75) is 26.3 Å². The molecule has 76 valence electrons. The van der Waals surface area contributed by atoms with E-state index in [1.54, 1.807) is 7.11 Å². The zero-order valence-corrected chi connectivity index (χ0v) is 9.27. The van der Waals surface area contributed by atoms with Crippen molar-refractivity contribution in [2.75, 3.05) is 13.7 Å². The Kier molecular flexibility index (Phi) is 2.04. The molecule has 1 aliphatic rings. The van der Waals surface area contributed by atoms with Crippen molar-refractivity contribution >= 4 is 0 Å². The quantitative estimate of drug-likeness (QED) is 0.726. The molecule has 14 heavy (non-hydrogen) atoms. The molecule has 0 bridgehead atoms. The highest BCUT2D eigenvalue weighted by Crippen LogP contribution is 2.39. The second-order valence-corrected chi connectivity index (χ2v) is 4.34. The van der Waals surface area contributed by atoms with Gasteiger partial charge in [0.1, 0.15) is 5.75 Å². The second-order valence-electron chi connectivity index (χ2n) is 4.34. The lowest BCUT2D eigenvalue weighted by molar-refractivity contribution is 0.404. The number of methoxy groups -OCH3 is 1. The van der Waals surface area contributed by atoms with Gasteiger partial charge in [-0.1, -0.05) is 6.07 Å². The van der Waals surface area contributed by atoms with Gasteiger partial charge in [-0.3, -0.25) is 0 Å². The molecule has 1 unspecified atom stereocenters. The van der Waals surface area contributed by atoms with Crippen molar-refractivity contribution in [3.05, 3.63) is 28.8 Å². The normalized spacial score (nSPS) is 24.9. The number of nitrogens with one attached hydrogen (secondary N) is 1. The van der Waals surface area contributed by atoms with Gasteiger partial charge < -0.3 is 10.1 Å². The van der Waals surface area contributed by atoms with E-state index in [1.807, 2.05) is 0 Å². The lowest BCUT2D eigenvalue weighted by atomic mass is 9.93. The third-order valence-electron chi connectivity index (χ3n) is 2.92. The predicted molar refractivity (Wildman–Crippen MR) is 57.8 cm³/mol. The second kappa shape index (κ2) is 2.99. The smallest absolute Gasteiger partial charge is 0.124 e. The summed E-state index contributed by atoms with van der Waals surface area (Å²) in [6.45, 7) is 7.51. The van der Waals surface area contributed by atoms with Crippen LogP contribution in [0.2, 0.25) is 0 Å². The van der Waals surface area contributed by atoms with E-state index in [-0.39, 0.29) is 5.54 Å². The van der Waals surface area contributed by atoms with Crippen molar-refractivity contribution in [1.29, 1.82) is 0 Å². The van der Waals surface area contributed by atoms with Gasteiger partial charge in [-0.25, -0.2) is 0 Å². The van der Waals surface area contributed by atoms with Crippen molar-refractivity contribution in [3.8, 4) is 5.75 Å². The Morgan fingerprint density at radius 1 is 1.36 bits per heavy atom. The van der Waals surface area contributed by atoms with Gasteiger partial charge >= 0.3 is 0 Å². The lowest BCUT2D eigenvalue weighted by Crippen LogP contribution is -2.11. The Morgan fingerprint density at radius 3 is 2.50 bits per heavy atom. The summed E-state index contributed by atoms with van der Waals surface area (Å²) in [6.07, 6.45) is 0. The summed E-state index contributed by atoms with van der Waals surface area (Å²) in [5.41, 5.74) is 4.02. The molecule has 1 fully saturated rings. The van der Waals surface area contributed by atoms with Crippen LogP contribution < -0.4 is 10.1 Å². The molecular weight excluding hydrogens is 174 g/mol. The molecule has 1 N–H and O–H groups in total. The van der Waals surface area contributed by atoms with Crippen molar-refractivity contribution in [2.24, 2.45) is 0 Å². The number of aryl methyl sites for hydroxylation is 2. The van der Waals surface area contributed by atoms with E-state index in [0.717, 1.165) is 12.3 Å². The van der Waals surface area contributed by atoms with Crippen molar-refractivity contribution in [3.63, 3.8) is 0 Å². The van der Waals surface area contributed by atoms with Crippen LogP contribution in [-0.2, 0) is 5.54 Å². The van der Waals surface area contributed by atoms with Gasteiger partial charge in [-0.15, -0.1) is 0 Å². The summed E-state index contributed by atoms with van der Waals surface area (Å²) < 4.78 is 5.43. The minimum absolute atomic E-state index is 0.142. The number of rotatable bonds is 2. The minimum atomic E-state index is 0.142. The molecule has 1 aromatic rings. The van der Waals surface area contributed by atoms with Crippen LogP contribution >= 0.6 is 0 Å². The fourth-order valence-corrected chi connectivity index (χ4v) is 2.11. The zero-order chi connectivity index (χ0) is 10.3. The van der Waals surface area contributed by atoms with Gasteiger partial charge in [0.2, 0.25) is 0 Å². The van der Waals surface area contributed by atoms with Crippen molar-refractivity contribution in [1.82, 2.24) is 5.32 Å². The maximum absolute atomic E-state index is 5.43. The number of benzene rings is 1. The summed E-state index contributed by atoms with van der Waals surface area (Å²) in [7, 11) is 1.74. The fraction of sp³-hybridized carbons (Fsp3) is 0.500. The molecule has 1 aromatic carbocycles. The third-order valence-corrected chi connectivity index (χ3v) is 2.92. The van der Waals surface area contributed by atoms with Gasteiger partial charge in [0.15, 0.2) is 0 Å². The first-order valence-corrected chi connectivity index (χ1v) is 4.97. The maximum Gasteiger partial charge on any atom is 0.124 e. The largest absolute Gasteiger partial charge is 0.496 e. The van der Waals surface area contributed by atoms with E-state index in [0.29, 0.717) is 0 Å². The molecule has 1 saturated heterocycles. The minimum Gasteiger partial charge on any atom is -0.496 e. The highest BCUT2D eigenvalue weighted by molar-refractivity contribution is 5.49. The molecule has 2 nitrogen and oxygen atoms in total. The van der Waals surface area contributed by atoms with Gasteiger partial charge in [0.05, 0.1) is 12.6 Å². The van der Waals surface area contributed by atoms with Crippen LogP contribution in [0.25, 0.3) is 0 Å². The topological polar surface area (TPSA) is 31.2 Å². The van der Waals surface area contributed by atoms with E-state index in [1.165, 1.54) is 16.7 Å². The Labute approximate surface area is 85.3 Å². The van der Waals surface area contributed by atoms with Crippen LogP contribution in [0.15, 0.2) is 12.1 Å². The summed E-state index contributed by atoms with van der Waals surface area (Å²) in [5.74, 6) is 1.01. The van der Waals surface area contributed by atoms with E-state index in [9.17, 15) is 0 Å². The monoisotopic (exact) mass is 191 g/mol. The Balaban J connectivity index is 2.56. The van der Waals surface area contributed by atoms with Gasteiger partial charge in [-0.2, -0.15) is 0 Å². The van der Waals surface area contributed by atoms with E-state index in [2.05, 4.69) is 38.2 Å². The molecule has 0 aliphatic carbocycles. The molecule has 1 atom stereocenters. The Morgan fingerprint density at radius 2 is 2.00 bits per heavy atom. The molecule has 0 aromatic heterocycles. The van der Waals surface area contributed by atoms with Crippen LogP contribution in [-0.4, -0.2) is 13.7 Å². The van der Waals surface area contributed by atoms with Crippen LogP contribution in [0, 0.1) is 13.8 Å². The highest BCUT2D eigenvalue weighted by Gasteiger charge is 2.41. The van der Waals surface area contributed by atoms with E-state index < -0.39 is 0 Å². The molecule has 2 rings (SSSR count). The lowest BCUT2D eigenvalue weighted by Gasteiger charge is -2.17. The van der Waals surface area contributed by atoms with Crippen molar-refractivity contribution < 1.29 is 4.74 Å². The van der Waals surface area contributed by atoms with Gasteiger partial charge in [0.25, 0.3) is 0 Å². The first kappa shape index (κ1) is 9.53. The average Bonchev–Trinajstić information content (AvgIpc) is 2.82. The molecule has 2 heteroatoms. The summed E-state index contributed by atoms with van der Waals surface area (Å²) in [4.78, 5) is 0. The number of hydrogen-bond donors (Lipinski definition) is 1. The fourth-order valence-electron chi connectivity index (χ4n) is 2.11. The summed E-state index contributed by atoms with van der Waals surface area (Å²) in [5, 5.41) is 3.38. The van der Waals surface area contributed by atoms with Crippen LogP contribution in [0.3, 0.4) is 0 Å². The first-order valence-electron chi connectivity index (χ1n) is 4.97. The molecule has 1 aliphatic heterocycles. The first-order chi connectivity index (χ1) is 6.57. The number of hydrogen-bond acceptors (Lipinski definition) is 2. The number of ether oxygens (including phenoxy) is 1. The van der Waals surface area contributed by atoms with E-state index >= 15 is 0 Å². The molecule has 1 heterocycles. The maximum atomic E-state index is 5.43. The molecule has 0 spiro atoms. The Bertz CT molecular complexity index is 367. The zero-order valence-electron chi connectivity index (χ0n) is 9.27. The third kappa shape index (κ3) is 1.40. The molecular formula is C12H17NO. The average molecular weight is 191 g/mol. The molecule has 0 saturated carbocycles. The van der Waals surface area contributed by atoms with Crippen LogP contribution in [0.1, 0.15) is 23.6 Å². The standard InChI is InChI=1S/C12H17NO/c1-8-5-9(2)11(10(6-8)14-4)12(3)7-13-12/h5-6,13H,7H2,1-4H3. The predicted octanol–water partition coefficient (Wildman–Crippen LogP) is 2.13. The van der Waals surface area contributed by atoms with Gasteiger partial charge in [0, 0.05) is 12.1 Å². The molecule has 0 radical (unpaired) electrons.